The van der Waals surface area contributed by atoms with E-state index in [9.17, 15) is 5.11 Å². The molecule has 0 unspecified atom stereocenters. The van der Waals surface area contributed by atoms with Crippen LogP contribution in [0.2, 0.25) is 0 Å². The Balaban J connectivity index is 3.10. The average Bonchev–Trinajstić information content (AvgIpc) is 2.70. The molecule has 1 heterocycles. The Hall–Kier alpha value is -0.610. The summed E-state index contributed by atoms with van der Waals surface area (Å²) in [5, 5.41) is 10.6. The van der Waals surface area contributed by atoms with E-state index in [1.807, 2.05) is 0 Å². The lowest BCUT2D eigenvalue weighted by molar-refractivity contribution is 0.282. The summed E-state index contributed by atoms with van der Waals surface area (Å²) in [6.07, 6.45) is 0. The molecule has 0 aliphatic carbocycles. The van der Waals surface area contributed by atoms with Crippen molar-refractivity contribution in [3.63, 3.8) is 0 Å². The van der Waals surface area contributed by atoms with Crippen molar-refractivity contribution in [2.45, 2.75) is 60.5 Å². The van der Waals surface area contributed by atoms with Gasteiger partial charge in [0.05, 0.1) is 17.2 Å². The normalized spacial score (nSPS) is 12.5. The first-order valence-corrected chi connectivity index (χ1v) is 8.32. The van der Waals surface area contributed by atoms with Gasteiger partial charge in [-0.3, -0.25) is 0 Å². The van der Waals surface area contributed by atoms with Crippen LogP contribution in [0.25, 0.3) is 0 Å². The summed E-state index contributed by atoms with van der Waals surface area (Å²) in [5.41, 5.74) is 1.02. The number of aliphatic hydroxyl groups is 1. The number of aliphatic hydroxyl groups excluding tert-OH is 1. The van der Waals surface area contributed by atoms with E-state index in [0.717, 1.165) is 28.8 Å². The lowest BCUT2D eigenvalue weighted by Crippen LogP contribution is -2.31. The number of aromatic nitrogens is 1. The van der Waals surface area contributed by atoms with Crippen molar-refractivity contribution in [2.24, 2.45) is 11.8 Å². The van der Waals surface area contributed by atoms with Crippen LogP contribution >= 0.6 is 11.3 Å². The summed E-state index contributed by atoms with van der Waals surface area (Å²) in [6, 6.07) is 0. The Kier molecular flexibility index (Phi) is 6.02. The Morgan fingerprint density at radius 2 is 1.60 bits per heavy atom. The Morgan fingerprint density at radius 1 is 1.10 bits per heavy atom. The van der Waals surface area contributed by atoms with Gasteiger partial charge in [0.2, 0.25) is 0 Å². The molecular formula is C16H30N2OS. The largest absolute Gasteiger partial charge is 0.391 e. The first kappa shape index (κ1) is 17.4. The Morgan fingerprint density at radius 3 is 1.90 bits per heavy atom. The summed E-state index contributed by atoms with van der Waals surface area (Å²) in [6.45, 7) is 17.5. The number of nitrogens with zero attached hydrogens (tertiary/aromatic N) is 2. The molecule has 0 saturated heterocycles. The van der Waals surface area contributed by atoms with E-state index in [1.165, 1.54) is 0 Å². The van der Waals surface area contributed by atoms with Crippen LogP contribution < -0.4 is 4.90 Å². The van der Waals surface area contributed by atoms with Gasteiger partial charge >= 0.3 is 0 Å². The van der Waals surface area contributed by atoms with Crippen LogP contribution in [-0.2, 0) is 12.0 Å². The number of thiazole rings is 1. The van der Waals surface area contributed by atoms with Gasteiger partial charge in [-0.1, -0.05) is 59.8 Å². The number of anilines is 1. The van der Waals surface area contributed by atoms with E-state index in [-0.39, 0.29) is 12.0 Å². The Bertz CT molecular complexity index is 409. The predicted octanol–water partition coefficient (Wildman–Crippen LogP) is 4.05. The van der Waals surface area contributed by atoms with Crippen LogP contribution in [0, 0.1) is 11.8 Å². The van der Waals surface area contributed by atoms with E-state index in [1.54, 1.807) is 11.3 Å². The van der Waals surface area contributed by atoms with Crippen molar-refractivity contribution in [1.29, 1.82) is 0 Å². The molecule has 1 N–H and O–H groups in total. The molecule has 0 atom stereocenters. The molecule has 1 rings (SSSR count). The van der Waals surface area contributed by atoms with Crippen molar-refractivity contribution in [2.75, 3.05) is 18.0 Å². The van der Waals surface area contributed by atoms with Crippen LogP contribution in [-0.4, -0.2) is 23.2 Å². The van der Waals surface area contributed by atoms with E-state index < -0.39 is 0 Å². The zero-order chi connectivity index (χ0) is 15.5. The van der Waals surface area contributed by atoms with Gasteiger partial charge < -0.3 is 10.0 Å². The second-order valence-electron chi connectivity index (χ2n) is 7.37. The van der Waals surface area contributed by atoms with Gasteiger partial charge in [-0.15, -0.1) is 0 Å². The zero-order valence-electron chi connectivity index (χ0n) is 14.0. The van der Waals surface area contributed by atoms with Gasteiger partial charge in [0.15, 0.2) is 5.13 Å². The van der Waals surface area contributed by atoms with E-state index in [0.29, 0.717) is 11.8 Å². The van der Waals surface area contributed by atoms with Crippen molar-refractivity contribution >= 4 is 16.5 Å². The Labute approximate surface area is 128 Å². The molecule has 0 bridgehead atoms. The number of rotatable bonds is 6. The SMILES string of the molecule is CC(C)CN(CC(C)C)c1nc(C(C)(C)C)c(CO)s1. The highest BCUT2D eigenvalue weighted by Crippen LogP contribution is 2.34. The van der Waals surface area contributed by atoms with Crippen molar-refractivity contribution in [3.8, 4) is 0 Å². The highest BCUT2D eigenvalue weighted by atomic mass is 32.1. The smallest absolute Gasteiger partial charge is 0.185 e. The second-order valence-corrected chi connectivity index (χ2v) is 8.43. The van der Waals surface area contributed by atoms with Gasteiger partial charge in [-0.2, -0.15) is 0 Å². The van der Waals surface area contributed by atoms with Crippen LogP contribution in [0.3, 0.4) is 0 Å². The monoisotopic (exact) mass is 298 g/mol. The summed E-state index contributed by atoms with van der Waals surface area (Å²) in [7, 11) is 0. The summed E-state index contributed by atoms with van der Waals surface area (Å²) < 4.78 is 0. The molecule has 3 nitrogen and oxygen atoms in total. The van der Waals surface area contributed by atoms with Crippen LogP contribution in [0.5, 0.6) is 0 Å². The quantitative estimate of drug-likeness (QED) is 0.860. The molecule has 116 valence electrons. The third-order valence-electron chi connectivity index (χ3n) is 2.98. The summed E-state index contributed by atoms with van der Waals surface area (Å²) >= 11 is 1.64. The molecule has 1 aromatic rings. The summed E-state index contributed by atoms with van der Waals surface area (Å²) in [5.74, 6) is 1.21. The van der Waals surface area contributed by atoms with Gasteiger partial charge in [0.1, 0.15) is 0 Å². The maximum absolute atomic E-state index is 9.59. The van der Waals surface area contributed by atoms with Crippen LogP contribution in [0.4, 0.5) is 5.13 Å². The molecule has 0 amide bonds. The topological polar surface area (TPSA) is 36.4 Å². The minimum Gasteiger partial charge on any atom is -0.391 e. The van der Waals surface area contributed by atoms with Crippen molar-refractivity contribution < 1.29 is 5.11 Å². The minimum atomic E-state index is -0.0197. The minimum absolute atomic E-state index is 0.0197. The average molecular weight is 298 g/mol. The van der Waals surface area contributed by atoms with Gasteiger partial charge in [-0.05, 0) is 11.8 Å². The van der Waals surface area contributed by atoms with E-state index in [4.69, 9.17) is 4.98 Å². The first-order chi connectivity index (χ1) is 9.15. The third-order valence-corrected chi connectivity index (χ3v) is 4.08. The fraction of sp³-hybridized carbons (Fsp3) is 0.812. The molecule has 0 aliphatic heterocycles. The first-order valence-electron chi connectivity index (χ1n) is 7.51. The highest BCUT2D eigenvalue weighted by molar-refractivity contribution is 7.15. The number of hydrogen-bond acceptors (Lipinski definition) is 4. The summed E-state index contributed by atoms with van der Waals surface area (Å²) in [4.78, 5) is 8.22. The zero-order valence-corrected chi connectivity index (χ0v) is 14.8. The lowest BCUT2D eigenvalue weighted by Gasteiger charge is -2.26. The molecule has 0 spiro atoms. The molecule has 20 heavy (non-hydrogen) atoms. The molecule has 1 aromatic heterocycles. The fourth-order valence-corrected chi connectivity index (χ4v) is 3.43. The lowest BCUT2D eigenvalue weighted by atomic mass is 9.91. The third kappa shape index (κ3) is 4.74. The molecule has 0 saturated carbocycles. The maximum Gasteiger partial charge on any atom is 0.185 e. The highest BCUT2D eigenvalue weighted by Gasteiger charge is 2.25. The van der Waals surface area contributed by atoms with E-state index in [2.05, 4.69) is 53.4 Å². The number of hydrogen-bond donors (Lipinski definition) is 1. The van der Waals surface area contributed by atoms with Gasteiger partial charge in [0, 0.05) is 18.5 Å². The molecular weight excluding hydrogens is 268 g/mol. The fourth-order valence-electron chi connectivity index (χ4n) is 2.28. The predicted molar refractivity (Wildman–Crippen MR) is 88.6 cm³/mol. The molecule has 4 heteroatoms. The standard InChI is InChI=1S/C16H30N2OS/c1-11(2)8-18(9-12(3)4)15-17-14(16(5,6)7)13(10-19)20-15/h11-12,19H,8-10H2,1-7H3. The van der Waals surface area contributed by atoms with Gasteiger partial charge in [0.25, 0.3) is 0 Å². The van der Waals surface area contributed by atoms with Gasteiger partial charge in [-0.25, -0.2) is 4.98 Å². The maximum atomic E-state index is 9.59. The van der Waals surface area contributed by atoms with E-state index >= 15 is 0 Å². The molecule has 0 fully saturated rings. The molecule has 0 aromatic carbocycles. The van der Waals surface area contributed by atoms with Crippen LogP contribution in [0.15, 0.2) is 0 Å². The van der Waals surface area contributed by atoms with Crippen molar-refractivity contribution in [3.05, 3.63) is 10.6 Å². The second kappa shape index (κ2) is 6.90. The van der Waals surface area contributed by atoms with Crippen LogP contribution in [0.1, 0.15) is 59.0 Å². The molecule has 0 radical (unpaired) electrons. The van der Waals surface area contributed by atoms with Crippen molar-refractivity contribution in [1.82, 2.24) is 4.98 Å². The molecule has 0 aliphatic rings.